The van der Waals surface area contributed by atoms with Gasteiger partial charge >= 0.3 is 6.03 Å². The van der Waals surface area contributed by atoms with Gasteiger partial charge in [0, 0.05) is 42.5 Å². The molecule has 2 N–H and O–H groups in total. The quantitative estimate of drug-likeness (QED) is 0.487. The molecule has 0 radical (unpaired) electrons. The molecule has 1 aliphatic heterocycles. The number of aliphatic hydroxyl groups excluding tert-OH is 1. The number of halogens is 1. The van der Waals surface area contributed by atoms with Gasteiger partial charge in [0.05, 0.1) is 19.2 Å². The summed E-state index contributed by atoms with van der Waals surface area (Å²) >= 11 is 0. The smallest absolute Gasteiger partial charge is 0.321 e. The van der Waals surface area contributed by atoms with Crippen molar-refractivity contribution in [3.8, 4) is 17.7 Å². The Labute approximate surface area is 227 Å². The van der Waals surface area contributed by atoms with Gasteiger partial charge in [-0.25, -0.2) is 14.2 Å². The Bertz CT molecular complexity index is 1370. The fourth-order valence-electron chi connectivity index (χ4n) is 4.16. The molecule has 1 aliphatic rings. The van der Waals surface area contributed by atoms with Gasteiger partial charge in [-0.2, -0.15) is 0 Å². The predicted molar refractivity (Wildman–Crippen MR) is 146 cm³/mol. The summed E-state index contributed by atoms with van der Waals surface area (Å²) in [6.07, 6.45) is 1.03. The predicted octanol–water partition coefficient (Wildman–Crippen LogP) is 4.00. The maximum absolute atomic E-state index is 13.6. The highest BCUT2D eigenvalue weighted by Crippen LogP contribution is 2.27. The average Bonchev–Trinajstić information content (AvgIpc) is 2.94. The normalized spacial score (nSPS) is 17.5. The average molecular weight is 531 g/mol. The van der Waals surface area contributed by atoms with E-state index < -0.39 is 12.1 Å². The number of hydrogen-bond acceptors (Lipinski definition) is 5. The van der Waals surface area contributed by atoms with Crippen molar-refractivity contribution in [2.24, 2.45) is 5.92 Å². The highest BCUT2D eigenvalue weighted by atomic mass is 19.1. The first-order chi connectivity index (χ1) is 18.7. The summed E-state index contributed by atoms with van der Waals surface area (Å²) in [5.74, 6) is 5.18. The summed E-state index contributed by atoms with van der Waals surface area (Å²) in [5, 5.41) is 12.7. The number of benzene rings is 2. The van der Waals surface area contributed by atoms with Crippen molar-refractivity contribution in [3.05, 3.63) is 89.4 Å². The second kappa shape index (κ2) is 12.4. The van der Waals surface area contributed by atoms with Crippen molar-refractivity contribution >= 4 is 17.6 Å². The van der Waals surface area contributed by atoms with Crippen molar-refractivity contribution in [1.29, 1.82) is 0 Å². The lowest BCUT2D eigenvalue weighted by Crippen LogP contribution is -2.50. The molecule has 202 valence electrons. The first-order valence-corrected chi connectivity index (χ1v) is 12.7. The molecule has 8 nitrogen and oxygen atoms in total. The van der Waals surface area contributed by atoms with Crippen LogP contribution >= 0.6 is 0 Å². The largest absolute Gasteiger partial charge is 0.472 e. The molecule has 3 amide bonds. The summed E-state index contributed by atoms with van der Waals surface area (Å²) in [5.41, 5.74) is 1.99. The third-order valence-electron chi connectivity index (χ3n) is 6.54. The van der Waals surface area contributed by atoms with Crippen LogP contribution in [-0.2, 0) is 0 Å². The van der Waals surface area contributed by atoms with E-state index in [4.69, 9.17) is 4.74 Å². The zero-order valence-corrected chi connectivity index (χ0v) is 22.1. The summed E-state index contributed by atoms with van der Waals surface area (Å²) in [7, 11) is 1.68. The number of rotatable bonds is 5. The van der Waals surface area contributed by atoms with Crippen LogP contribution < -0.4 is 10.1 Å². The van der Waals surface area contributed by atoms with Gasteiger partial charge in [0.25, 0.3) is 5.91 Å². The van der Waals surface area contributed by atoms with Crippen LogP contribution in [0, 0.1) is 23.6 Å². The number of likely N-dealkylation sites (N-methyl/N-ethyl adjacent to an activating group) is 1. The van der Waals surface area contributed by atoms with Crippen LogP contribution in [0.1, 0.15) is 35.3 Å². The van der Waals surface area contributed by atoms with Gasteiger partial charge in [-0.1, -0.05) is 37.0 Å². The molecule has 0 fully saturated rings. The number of urea groups is 1. The number of aromatic nitrogens is 1. The van der Waals surface area contributed by atoms with Gasteiger partial charge in [-0.3, -0.25) is 4.79 Å². The van der Waals surface area contributed by atoms with Crippen LogP contribution in [-0.4, -0.2) is 70.7 Å². The lowest BCUT2D eigenvalue weighted by Gasteiger charge is -2.37. The molecule has 0 bridgehead atoms. The lowest BCUT2D eigenvalue weighted by atomic mass is 10.00. The SMILES string of the molecule is CC(CO)N1C[C@H](C)[C@H](CN(C)C(=O)Nc2ccccc2)Oc2ncc(C#Cc3ccc(F)cc3)cc2C1=O. The van der Waals surface area contributed by atoms with Gasteiger partial charge in [0.2, 0.25) is 5.88 Å². The van der Waals surface area contributed by atoms with Gasteiger partial charge in [-0.15, -0.1) is 0 Å². The Morgan fingerprint density at radius 3 is 2.59 bits per heavy atom. The maximum atomic E-state index is 13.6. The van der Waals surface area contributed by atoms with Crippen LogP contribution in [0.5, 0.6) is 5.88 Å². The van der Waals surface area contributed by atoms with Gasteiger partial charge < -0.3 is 25.0 Å². The number of aliphatic hydroxyl groups is 1. The molecule has 0 saturated carbocycles. The van der Waals surface area contributed by atoms with Crippen molar-refractivity contribution < 1.29 is 23.8 Å². The molecule has 1 unspecified atom stereocenters. The van der Waals surface area contributed by atoms with E-state index in [1.54, 1.807) is 49.2 Å². The summed E-state index contributed by atoms with van der Waals surface area (Å²) in [6.45, 7) is 4.04. The van der Waals surface area contributed by atoms with Crippen LogP contribution in [0.25, 0.3) is 0 Å². The molecule has 2 heterocycles. The fraction of sp³-hybridized carbons (Fsp3) is 0.300. The maximum Gasteiger partial charge on any atom is 0.321 e. The number of hydrogen-bond donors (Lipinski definition) is 2. The molecule has 4 rings (SSSR count). The zero-order valence-electron chi connectivity index (χ0n) is 22.1. The van der Waals surface area contributed by atoms with E-state index in [2.05, 4.69) is 22.1 Å². The van der Waals surface area contributed by atoms with E-state index in [1.807, 2.05) is 25.1 Å². The highest BCUT2D eigenvalue weighted by Gasteiger charge is 2.34. The Balaban J connectivity index is 1.61. The van der Waals surface area contributed by atoms with Crippen molar-refractivity contribution in [1.82, 2.24) is 14.8 Å². The van der Waals surface area contributed by atoms with Gasteiger partial charge in [0.15, 0.2) is 0 Å². The summed E-state index contributed by atoms with van der Waals surface area (Å²) < 4.78 is 19.5. The van der Waals surface area contributed by atoms with Crippen molar-refractivity contribution in [2.75, 3.05) is 32.1 Å². The molecule has 3 aromatic rings. The molecule has 2 aromatic carbocycles. The minimum absolute atomic E-state index is 0.135. The van der Waals surface area contributed by atoms with Gasteiger partial charge in [-0.05, 0) is 49.4 Å². The number of nitrogens with zero attached hydrogens (tertiary/aromatic N) is 3. The van der Waals surface area contributed by atoms with Crippen molar-refractivity contribution in [2.45, 2.75) is 26.0 Å². The molecular formula is C30H31FN4O4. The minimum Gasteiger partial charge on any atom is -0.472 e. The van der Waals surface area contributed by atoms with Gasteiger partial charge in [0.1, 0.15) is 17.5 Å². The fourth-order valence-corrected chi connectivity index (χ4v) is 4.16. The zero-order chi connectivity index (χ0) is 27.9. The van der Waals surface area contributed by atoms with E-state index in [-0.39, 0.29) is 48.3 Å². The van der Waals surface area contributed by atoms with E-state index in [9.17, 15) is 19.1 Å². The van der Waals surface area contributed by atoms with Crippen LogP contribution in [0.15, 0.2) is 66.9 Å². The standard InChI is InChI=1S/C30H31FN4O4/c1-20-17-35(21(2)19-36)29(37)26-15-23(10-9-22-11-13-24(31)14-12-22)16-32-28(26)39-27(20)18-34(3)30(38)33-25-7-5-4-6-8-25/h4-8,11-16,20-21,27,36H,17-19H2,1-3H3,(H,33,38)/t20-,21?,27-/m0/s1. The third-order valence-corrected chi connectivity index (χ3v) is 6.54. The van der Waals surface area contributed by atoms with Crippen LogP contribution in [0.3, 0.4) is 0 Å². The molecule has 0 spiro atoms. The first-order valence-electron chi connectivity index (χ1n) is 12.7. The lowest BCUT2D eigenvalue weighted by molar-refractivity contribution is 0.0356. The Morgan fingerprint density at radius 2 is 1.90 bits per heavy atom. The number of carbonyl (C=O) groups excluding carboxylic acids is 2. The summed E-state index contributed by atoms with van der Waals surface area (Å²) in [4.78, 5) is 33.9. The van der Waals surface area contributed by atoms with E-state index in [0.29, 0.717) is 23.4 Å². The molecule has 39 heavy (non-hydrogen) atoms. The van der Waals surface area contributed by atoms with E-state index >= 15 is 0 Å². The molecule has 1 aromatic heterocycles. The number of pyridine rings is 1. The molecule has 9 heteroatoms. The number of para-hydroxylation sites is 1. The summed E-state index contributed by atoms with van der Waals surface area (Å²) in [6, 6.07) is 15.8. The number of nitrogens with one attached hydrogen (secondary N) is 1. The minimum atomic E-state index is -0.486. The highest BCUT2D eigenvalue weighted by molar-refractivity contribution is 5.97. The number of amides is 3. The van der Waals surface area contributed by atoms with Crippen LogP contribution in [0.4, 0.5) is 14.9 Å². The number of ether oxygens (including phenoxy) is 1. The van der Waals surface area contributed by atoms with Crippen molar-refractivity contribution in [3.63, 3.8) is 0 Å². The molecule has 0 saturated heterocycles. The van der Waals surface area contributed by atoms with E-state index in [1.165, 1.54) is 23.2 Å². The topological polar surface area (TPSA) is 95.0 Å². The number of anilines is 1. The Morgan fingerprint density at radius 1 is 1.21 bits per heavy atom. The van der Waals surface area contributed by atoms with Crippen LogP contribution in [0.2, 0.25) is 0 Å². The third kappa shape index (κ3) is 6.92. The molecule has 0 aliphatic carbocycles. The second-order valence-electron chi connectivity index (χ2n) is 9.63. The Hall–Kier alpha value is -4.42. The van der Waals surface area contributed by atoms with E-state index in [0.717, 1.165) is 0 Å². The number of carbonyl (C=O) groups is 2. The first kappa shape index (κ1) is 27.6. The molecule has 3 atom stereocenters. The Kier molecular flexibility index (Phi) is 8.79. The monoisotopic (exact) mass is 530 g/mol. The number of fused-ring (bicyclic) bond motifs is 1. The molecular weight excluding hydrogens is 499 g/mol. The second-order valence-corrected chi connectivity index (χ2v) is 9.63.